The number of hydroxylamine groups is 1. The summed E-state index contributed by atoms with van der Waals surface area (Å²) in [6.45, 7) is 7.32. The number of hydrogen-bond donors (Lipinski definition) is 1. The molecule has 0 spiro atoms. The molecule has 7 heteroatoms. The molecule has 0 saturated carbocycles. The normalized spacial score (nSPS) is 31.3. The first-order valence-corrected chi connectivity index (χ1v) is 8.96. The summed E-state index contributed by atoms with van der Waals surface area (Å²) in [4.78, 5) is 6.15. The smallest absolute Gasteiger partial charge is 0.164 e. The van der Waals surface area contributed by atoms with Gasteiger partial charge in [-0.15, -0.1) is 0 Å². The van der Waals surface area contributed by atoms with Crippen molar-refractivity contribution >= 4 is 5.69 Å². The molecule has 3 rings (SSSR count). The first kappa shape index (κ1) is 19.5. The van der Waals surface area contributed by atoms with Crippen LogP contribution in [-0.4, -0.2) is 54.9 Å². The third kappa shape index (κ3) is 4.94. The number of benzene rings is 1. The lowest BCUT2D eigenvalue weighted by Gasteiger charge is -2.28. The minimum atomic E-state index is -1.29. The topological polar surface area (TPSA) is 69.6 Å². The maximum Gasteiger partial charge on any atom is 0.164 e. The molecule has 146 valence electrons. The molecule has 0 aromatic heterocycles. The van der Waals surface area contributed by atoms with E-state index in [0.29, 0.717) is 13.0 Å². The van der Waals surface area contributed by atoms with E-state index in [1.807, 2.05) is 51.2 Å². The number of para-hydroxylation sites is 1. The molecule has 2 aliphatic rings. The lowest BCUT2D eigenvalue weighted by molar-refractivity contribution is -0.275. The molecule has 0 radical (unpaired) electrons. The Hall–Kier alpha value is -1.22. The fourth-order valence-electron chi connectivity index (χ4n) is 3.25. The summed E-state index contributed by atoms with van der Waals surface area (Å²) >= 11 is 0. The van der Waals surface area contributed by atoms with Crippen LogP contribution in [0, 0.1) is 0 Å². The van der Waals surface area contributed by atoms with Gasteiger partial charge in [0, 0.05) is 13.5 Å². The zero-order valence-corrected chi connectivity index (χ0v) is 16.0. The van der Waals surface area contributed by atoms with Gasteiger partial charge in [0.05, 0.1) is 12.3 Å². The second-order valence-corrected chi connectivity index (χ2v) is 7.67. The first-order valence-electron chi connectivity index (χ1n) is 8.96. The highest BCUT2D eigenvalue weighted by atomic mass is 16.8. The van der Waals surface area contributed by atoms with E-state index in [1.165, 1.54) is 0 Å². The Labute approximate surface area is 154 Å². The zero-order chi connectivity index (χ0) is 18.9. The summed E-state index contributed by atoms with van der Waals surface area (Å²) in [6.07, 6.45) is -1.03. The second kappa shape index (κ2) is 7.42. The highest BCUT2D eigenvalue weighted by Crippen LogP contribution is 2.35. The molecule has 2 heterocycles. The Morgan fingerprint density at radius 3 is 2.50 bits per heavy atom. The van der Waals surface area contributed by atoms with Crippen LogP contribution in [0.3, 0.4) is 0 Å². The monoisotopic (exact) mass is 367 g/mol. The van der Waals surface area contributed by atoms with Gasteiger partial charge in [-0.25, -0.2) is 0 Å². The summed E-state index contributed by atoms with van der Waals surface area (Å²) in [5.74, 6) is -1.94. The van der Waals surface area contributed by atoms with Gasteiger partial charge in [0.2, 0.25) is 0 Å². The van der Waals surface area contributed by atoms with Gasteiger partial charge in [-0.1, -0.05) is 18.2 Å². The van der Waals surface area contributed by atoms with E-state index >= 15 is 0 Å². The maximum atomic E-state index is 9.95. The number of hydrogen-bond acceptors (Lipinski definition) is 7. The van der Waals surface area contributed by atoms with Crippen LogP contribution in [0.1, 0.15) is 34.1 Å². The number of ether oxygens (including phenoxy) is 4. The van der Waals surface area contributed by atoms with E-state index in [1.54, 1.807) is 18.9 Å². The van der Waals surface area contributed by atoms with Gasteiger partial charge in [-0.2, -0.15) is 0 Å². The highest BCUT2D eigenvalue weighted by Gasteiger charge is 2.48. The van der Waals surface area contributed by atoms with Crippen molar-refractivity contribution in [1.29, 1.82) is 0 Å². The van der Waals surface area contributed by atoms with Crippen molar-refractivity contribution in [3.63, 3.8) is 0 Å². The lowest BCUT2D eigenvalue weighted by atomic mass is 10.1. The summed E-state index contributed by atoms with van der Waals surface area (Å²) in [6, 6.07) is 9.79. The Morgan fingerprint density at radius 2 is 1.92 bits per heavy atom. The number of rotatable bonds is 6. The van der Waals surface area contributed by atoms with Crippen molar-refractivity contribution in [3.05, 3.63) is 30.3 Å². The van der Waals surface area contributed by atoms with Crippen LogP contribution in [-0.2, 0) is 23.8 Å². The molecule has 0 aliphatic carbocycles. The van der Waals surface area contributed by atoms with E-state index in [4.69, 9.17) is 23.8 Å². The molecular weight excluding hydrogens is 338 g/mol. The fourth-order valence-corrected chi connectivity index (χ4v) is 3.25. The molecule has 0 amide bonds. The summed E-state index contributed by atoms with van der Waals surface area (Å²) in [7, 11) is 1.85. The van der Waals surface area contributed by atoms with Crippen molar-refractivity contribution in [2.45, 2.75) is 70.3 Å². The summed E-state index contributed by atoms with van der Waals surface area (Å²) < 4.78 is 23.3. The molecule has 1 unspecified atom stereocenters. The minimum absolute atomic E-state index is 0.269. The van der Waals surface area contributed by atoms with Crippen molar-refractivity contribution in [3.8, 4) is 0 Å². The molecule has 26 heavy (non-hydrogen) atoms. The van der Waals surface area contributed by atoms with Crippen LogP contribution >= 0.6 is 0 Å². The highest BCUT2D eigenvalue weighted by molar-refractivity contribution is 5.42. The predicted octanol–water partition coefficient (Wildman–Crippen LogP) is 2.43. The van der Waals surface area contributed by atoms with Crippen molar-refractivity contribution in [1.82, 2.24) is 0 Å². The van der Waals surface area contributed by atoms with E-state index in [2.05, 4.69) is 0 Å². The van der Waals surface area contributed by atoms with Crippen LogP contribution in [0.15, 0.2) is 30.3 Å². The largest absolute Gasteiger partial charge is 0.366 e. The van der Waals surface area contributed by atoms with Crippen LogP contribution in [0.5, 0.6) is 0 Å². The Bertz CT molecular complexity index is 587. The van der Waals surface area contributed by atoms with E-state index in [-0.39, 0.29) is 18.3 Å². The molecule has 4 atom stereocenters. The van der Waals surface area contributed by atoms with Crippen molar-refractivity contribution < 1.29 is 28.9 Å². The standard InChI is InChI=1S/C19H29NO6/c1-18(2,21)25-16-11-14(26-20(5)13-9-7-6-8-10-13)17(23-16)15-12-22-19(3,4)24-15/h6-10,14-17,21H,11-12H2,1-5H3/t14-,15+,16+,17?/m0/s1. The lowest BCUT2D eigenvalue weighted by Crippen LogP contribution is -2.41. The van der Waals surface area contributed by atoms with Gasteiger partial charge in [-0.05, 0) is 39.8 Å². The quantitative estimate of drug-likeness (QED) is 0.612. The van der Waals surface area contributed by atoms with E-state index in [9.17, 15) is 5.11 Å². The molecule has 1 N–H and O–H groups in total. The number of anilines is 1. The summed E-state index contributed by atoms with van der Waals surface area (Å²) in [5, 5.41) is 11.7. The molecule has 2 saturated heterocycles. The zero-order valence-electron chi connectivity index (χ0n) is 16.0. The van der Waals surface area contributed by atoms with E-state index in [0.717, 1.165) is 5.69 Å². The van der Waals surface area contributed by atoms with Crippen LogP contribution in [0.2, 0.25) is 0 Å². The third-order valence-corrected chi connectivity index (χ3v) is 4.33. The van der Waals surface area contributed by atoms with Gasteiger partial charge in [0.1, 0.15) is 18.3 Å². The molecule has 2 aliphatic heterocycles. The van der Waals surface area contributed by atoms with Crippen molar-refractivity contribution in [2.75, 3.05) is 18.7 Å². The van der Waals surface area contributed by atoms with Gasteiger partial charge >= 0.3 is 0 Å². The minimum Gasteiger partial charge on any atom is -0.366 e. The molecule has 7 nitrogen and oxygen atoms in total. The van der Waals surface area contributed by atoms with Crippen LogP contribution < -0.4 is 5.06 Å². The van der Waals surface area contributed by atoms with Crippen molar-refractivity contribution in [2.24, 2.45) is 0 Å². The molecule has 0 bridgehead atoms. The van der Waals surface area contributed by atoms with Gasteiger partial charge in [0.15, 0.2) is 17.9 Å². The Balaban J connectivity index is 1.71. The molecule has 2 fully saturated rings. The average Bonchev–Trinajstić information content (AvgIpc) is 3.09. The van der Waals surface area contributed by atoms with Gasteiger partial charge in [-0.3, -0.25) is 9.90 Å². The van der Waals surface area contributed by atoms with Gasteiger partial charge in [0.25, 0.3) is 0 Å². The van der Waals surface area contributed by atoms with Crippen LogP contribution in [0.25, 0.3) is 0 Å². The van der Waals surface area contributed by atoms with Gasteiger partial charge < -0.3 is 24.1 Å². The fraction of sp³-hybridized carbons (Fsp3) is 0.684. The third-order valence-electron chi connectivity index (χ3n) is 4.33. The molecule has 1 aromatic carbocycles. The predicted molar refractivity (Wildman–Crippen MR) is 95.3 cm³/mol. The van der Waals surface area contributed by atoms with E-state index < -0.39 is 17.9 Å². The maximum absolute atomic E-state index is 9.95. The number of aliphatic hydroxyl groups is 1. The Morgan fingerprint density at radius 1 is 1.23 bits per heavy atom. The van der Waals surface area contributed by atoms with Crippen LogP contribution in [0.4, 0.5) is 5.69 Å². The number of nitrogens with zero attached hydrogens (tertiary/aromatic N) is 1. The molecular formula is C19H29NO6. The SMILES string of the molecule is CN(O[C@H]1C[C@@H](OC(C)(C)O)OC1[C@H]1COC(C)(C)O1)c1ccccc1. The average molecular weight is 367 g/mol. The molecule has 1 aromatic rings. The first-order chi connectivity index (χ1) is 12.1. The second-order valence-electron chi connectivity index (χ2n) is 7.67. The Kier molecular flexibility index (Phi) is 5.58. The summed E-state index contributed by atoms with van der Waals surface area (Å²) in [5.41, 5.74) is 0.932.